The number of rotatable bonds is 13. The van der Waals surface area contributed by atoms with E-state index in [2.05, 4.69) is 25.0 Å². The molecule has 0 unspecified atom stereocenters. The van der Waals surface area contributed by atoms with Gasteiger partial charge in [-0.25, -0.2) is 0 Å². The highest BCUT2D eigenvalue weighted by Gasteiger charge is 2.25. The van der Waals surface area contributed by atoms with Crippen LogP contribution in [0.1, 0.15) is 19.8 Å². The lowest BCUT2D eigenvalue weighted by molar-refractivity contribution is -0.395. The number of halogens is 1. The van der Waals surface area contributed by atoms with Crippen LogP contribution in [-0.4, -0.2) is 62.1 Å². The highest BCUT2D eigenvalue weighted by molar-refractivity contribution is 5.94. The number of nitrogens with zero attached hydrogens (tertiary/aromatic N) is 5. The monoisotopic (exact) mass is 564 g/mol. The first-order chi connectivity index (χ1) is 18.9. The summed E-state index contributed by atoms with van der Waals surface area (Å²) in [5.74, 6) is -2.80. The highest BCUT2D eigenvalue weighted by Crippen LogP contribution is 2.41. The van der Waals surface area contributed by atoms with Crippen LogP contribution in [0.15, 0.2) is 34.5 Å². The average molecular weight is 564 g/mol. The van der Waals surface area contributed by atoms with Crippen LogP contribution in [0.2, 0.25) is 0 Å². The maximum atomic E-state index is 14.2. The first kappa shape index (κ1) is 31.0. The van der Waals surface area contributed by atoms with Gasteiger partial charge in [0.15, 0.2) is 5.69 Å². The van der Waals surface area contributed by atoms with Crippen molar-refractivity contribution in [2.45, 2.75) is 19.8 Å². The fraction of sp³-hybridized carbons (Fsp3) is 0.348. The number of hydrogen-bond acceptors (Lipinski definition) is 13. The minimum Gasteiger partial charge on any atom is -0.494 e. The predicted molar refractivity (Wildman–Crippen MR) is 137 cm³/mol. The summed E-state index contributed by atoms with van der Waals surface area (Å²) in [5, 5.41) is 32.5. The van der Waals surface area contributed by atoms with E-state index < -0.39 is 50.6 Å². The summed E-state index contributed by atoms with van der Waals surface area (Å²) >= 11 is 0. The van der Waals surface area contributed by atoms with Crippen molar-refractivity contribution >= 4 is 52.0 Å². The molecule has 2 aromatic rings. The summed E-state index contributed by atoms with van der Waals surface area (Å²) in [6.07, 6.45) is -0.125. The van der Waals surface area contributed by atoms with E-state index in [0.717, 1.165) is 0 Å². The Balaban J connectivity index is 2.64. The molecule has 0 spiro atoms. The van der Waals surface area contributed by atoms with Crippen LogP contribution in [-0.2, 0) is 23.9 Å². The number of esters is 2. The van der Waals surface area contributed by atoms with Crippen LogP contribution in [0.5, 0.6) is 5.75 Å². The van der Waals surface area contributed by atoms with E-state index in [9.17, 15) is 39.0 Å². The summed E-state index contributed by atoms with van der Waals surface area (Å²) in [5.41, 5.74) is -2.33. The second-order valence-electron chi connectivity index (χ2n) is 7.87. The van der Waals surface area contributed by atoms with Crippen LogP contribution < -0.4 is 15.0 Å². The van der Waals surface area contributed by atoms with E-state index >= 15 is 0 Å². The SMILES string of the molecule is COC(=O)CCN(CCC(=O)OC)c1cc(NC(C)=O)c(/N=N/c2cc(F)c([N+](=O)[O-])cc2[N+](=O)[O-])cc1OC. The Kier molecular flexibility index (Phi) is 10.9. The van der Waals surface area contributed by atoms with Crippen LogP contribution >= 0.6 is 0 Å². The van der Waals surface area contributed by atoms with Gasteiger partial charge in [-0.1, -0.05) is 0 Å². The van der Waals surface area contributed by atoms with Gasteiger partial charge in [-0.2, -0.15) is 4.39 Å². The number of carbonyl (C=O) groups is 3. The predicted octanol–water partition coefficient (Wildman–Crippen LogP) is 3.96. The number of ether oxygens (including phenoxy) is 3. The van der Waals surface area contributed by atoms with Crippen molar-refractivity contribution in [2.24, 2.45) is 10.2 Å². The molecule has 0 heterocycles. The largest absolute Gasteiger partial charge is 0.494 e. The normalized spacial score (nSPS) is 10.6. The first-order valence-electron chi connectivity index (χ1n) is 11.3. The number of carbonyl (C=O) groups excluding carboxylic acids is 3. The molecule has 0 bridgehead atoms. The molecule has 40 heavy (non-hydrogen) atoms. The second-order valence-corrected chi connectivity index (χ2v) is 7.87. The first-order valence-corrected chi connectivity index (χ1v) is 11.3. The molecule has 2 aromatic carbocycles. The maximum Gasteiger partial charge on any atom is 0.311 e. The third kappa shape index (κ3) is 8.14. The van der Waals surface area contributed by atoms with Crippen molar-refractivity contribution in [2.75, 3.05) is 44.6 Å². The number of nitro benzene ring substituents is 2. The van der Waals surface area contributed by atoms with Gasteiger partial charge in [0.25, 0.3) is 0 Å². The zero-order chi connectivity index (χ0) is 30.0. The highest BCUT2D eigenvalue weighted by atomic mass is 19.1. The number of anilines is 2. The summed E-state index contributed by atoms with van der Waals surface area (Å²) < 4.78 is 29.0. The third-order valence-corrected chi connectivity index (χ3v) is 5.28. The Morgan fingerprint density at radius 1 is 0.900 bits per heavy atom. The molecule has 0 atom stereocenters. The molecule has 214 valence electrons. The number of amides is 1. The molecule has 17 heteroatoms. The van der Waals surface area contributed by atoms with Gasteiger partial charge in [0, 0.05) is 32.1 Å². The molecule has 0 saturated heterocycles. The molecule has 0 aliphatic heterocycles. The van der Waals surface area contributed by atoms with Crippen LogP contribution in [0.4, 0.5) is 38.5 Å². The molecule has 0 radical (unpaired) electrons. The van der Waals surface area contributed by atoms with Crippen LogP contribution in [0.3, 0.4) is 0 Å². The van der Waals surface area contributed by atoms with E-state index in [4.69, 9.17) is 4.74 Å². The van der Waals surface area contributed by atoms with Gasteiger partial charge >= 0.3 is 23.3 Å². The minimum absolute atomic E-state index is 0.0400. The fourth-order valence-corrected chi connectivity index (χ4v) is 3.36. The van der Waals surface area contributed by atoms with Crippen molar-refractivity contribution < 1.29 is 42.8 Å². The topological polar surface area (TPSA) is 205 Å². The molecule has 0 aliphatic carbocycles. The zero-order valence-corrected chi connectivity index (χ0v) is 21.8. The Bertz CT molecular complexity index is 1330. The Hall–Kier alpha value is -5.22. The number of azo groups is 1. The fourth-order valence-electron chi connectivity index (χ4n) is 3.36. The van der Waals surface area contributed by atoms with Gasteiger partial charge in [-0.3, -0.25) is 34.6 Å². The van der Waals surface area contributed by atoms with E-state index in [0.29, 0.717) is 17.8 Å². The van der Waals surface area contributed by atoms with Gasteiger partial charge in [0.05, 0.1) is 61.5 Å². The Morgan fingerprint density at radius 2 is 1.45 bits per heavy atom. The third-order valence-electron chi connectivity index (χ3n) is 5.28. The number of nitrogens with one attached hydrogen (secondary N) is 1. The lowest BCUT2D eigenvalue weighted by Gasteiger charge is -2.27. The van der Waals surface area contributed by atoms with E-state index in [1.807, 2.05) is 0 Å². The van der Waals surface area contributed by atoms with E-state index in [-0.39, 0.29) is 43.1 Å². The van der Waals surface area contributed by atoms with Gasteiger partial charge in [-0.05, 0) is 6.07 Å². The molecule has 0 saturated carbocycles. The summed E-state index contributed by atoms with van der Waals surface area (Å²) in [6.45, 7) is 1.36. The molecule has 0 fully saturated rings. The lowest BCUT2D eigenvalue weighted by atomic mass is 10.1. The van der Waals surface area contributed by atoms with Gasteiger partial charge in [0.2, 0.25) is 11.7 Å². The zero-order valence-electron chi connectivity index (χ0n) is 21.8. The summed E-state index contributed by atoms with van der Waals surface area (Å²) in [7, 11) is 3.75. The van der Waals surface area contributed by atoms with Gasteiger partial charge in [0.1, 0.15) is 11.4 Å². The van der Waals surface area contributed by atoms with Gasteiger partial charge < -0.3 is 24.4 Å². The molecule has 1 amide bonds. The smallest absolute Gasteiger partial charge is 0.311 e. The number of methoxy groups -OCH3 is 3. The lowest BCUT2D eigenvalue weighted by Crippen LogP contribution is -2.29. The molecule has 2 rings (SSSR count). The number of benzene rings is 2. The van der Waals surface area contributed by atoms with Crippen LogP contribution in [0, 0.1) is 26.0 Å². The molecule has 0 aliphatic rings. The Morgan fingerprint density at radius 3 is 1.93 bits per heavy atom. The molecule has 1 N–H and O–H groups in total. The van der Waals surface area contributed by atoms with Crippen molar-refractivity contribution in [1.29, 1.82) is 0 Å². The average Bonchev–Trinajstić information content (AvgIpc) is 2.90. The molecule has 16 nitrogen and oxygen atoms in total. The number of hydrogen-bond donors (Lipinski definition) is 1. The van der Waals surface area contributed by atoms with Crippen molar-refractivity contribution in [1.82, 2.24) is 0 Å². The molecular weight excluding hydrogens is 539 g/mol. The standard InChI is InChI=1S/C23H25FN6O10/c1-13(31)25-15-10-20(28(7-5-22(32)39-3)8-6-23(33)40-4)21(38-2)11-16(15)26-27-17-9-14(24)18(29(34)35)12-19(17)30(36)37/h9-12H,5-8H2,1-4H3,(H,25,31)/b27-26+. The molecule has 0 aromatic heterocycles. The van der Waals surface area contributed by atoms with E-state index in [1.165, 1.54) is 40.4 Å². The van der Waals surface area contributed by atoms with Crippen molar-refractivity contribution in [3.63, 3.8) is 0 Å². The maximum absolute atomic E-state index is 14.2. The van der Waals surface area contributed by atoms with E-state index in [1.54, 1.807) is 4.90 Å². The summed E-state index contributed by atoms with van der Waals surface area (Å²) in [4.78, 5) is 57.4. The summed E-state index contributed by atoms with van der Waals surface area (Å²) in [6, 6.07) is 3.63. The van der Waals surface area contributed by atoms with Crippen molar-refractivity contribution in [3.05, 3.63) is 50.3 Å². The number of nitro groups is 2. The van der Waals surface area contributed by atoms with Crippen molar-refractivity contribution in [3.8, 4) is 5.75 Å². The minimum atomic E-state index is -1.37. The quantitative estimate of drug-likeness (QED) is 0.159. The molecular formula is C23H25FN6O10. The van der Waals surface area contributed by atoms with Crippen LogP contribution in [0.25, 0.3) is 0 Å². The Labute approximate surface area is 226 Å². The second kappa shape index (κ2) is 14.1. The van der Waals surface area contributed by atoms with Gasteiger partial charge in [-0.15, -0.1) is 10.2 Å².